The maximum Gasteiger partial charge on any atom is 0.405 e. The zero-order chi connectivity index (χ0) is 12.4. The minimum atomic E-state index is -0.672. The maximum absolute atomic E-state index is 10.9. The van der Waals surface area contributed by atoms with Crippen LogP contribution in [0.2, 0.25) is 0 Å². The van der Waals surface area contributed by atoms with Crippen LogP contribution < -0.4 is 5.73 Å². The van der Waals surface area contributed by atoms with Crippen LogP contribution in [0.5, 0.6) is 0 Å². The average Bonchev–Trinajstić information content (AvgIpc) is 2.17. The fourth-order valence-electron chi connectivity index (χ4n) is 2.70. The molecule has 3 nitrogen and oxygen atoms in total. The molecule has 2 N–H and O–H groups in total. The highest BCUT2D eigenvalue weighted by atomic mass is 16.6. The van der Waals surface area contributed by atoms with Gasteiger partial charge in [0, 0.05) is 5.41 Å². The van der Waals surface area contributed by atoms with E-state index in [9.17, 15) is 4.79 Å². The maximum atomic E-state index is 10.9. The van der Waals surface area contributed by atoms with Crippen LogP contribution in [-0.2, 0) is 4.74 Å². The minimum Gasteiger partial charge on any atom is -0.443 e. The molecule has 0 radical (unpaired) electrons. The summed E-state index contributed by atoms with van der Waals surface area (Å²) < 4.78 is 5.29. The molecular formula is C13H25NO2. The largest absolute Gasteiger partial charge is 0.443 e. The molecule has 0 aliphatic heterocycles. The number of hydrogen-bond acceptors (Lipinski definition) is 2. The number of nitrogens with two attached hydrogens (primary N) is 1. The summed E-state index contributed by atoms with van der Waals surface area (Å²) in [5.41, 5.74) is 4.62. The average molecular weight is 227 g/mol. The van der Waals surface area contributed by atoms with Crippen LogP contribution in [0, 0.1) is 11.3 Å². The lowest BCUT2D eigenvalue weighted by Crippen LogP contribution is -2.49. The molecule has 0 saturated heterocycles. The van der Waals surface area contributed by atoms with Crippen molar-refractivity contribution in [2.24, 2.45) is 17.1 Å². The lowest BCUT2D eigenvalue weighted by atomic mass is 9.63. The van der Waals surface area contributed by atoms with Crippen molar-refractivity contribution in [2.45, 2.75) is 65.4 Å². The second kappa shape index (κ2) is 4.64. The van der Waals surface area contributed by atoms with Crippen LogP contribution in [0.3, 0.4) is 0 Å². The first-order valence-electron chi connectivity index (χ1n) is 6.26. The van der Waals surface area contributed by atoms with E-state index in [4.69, 9.17) is 10.5 Å². The first kappa shape index (κ1) is 13.3. The third kappa shape index (κ3) is 2.69. The Labute approximate surface area is 98.7 Å². The van der Waals surface area contributed by atoms with Crippen molar-refractivity contribution in [2.75, 3.05) is 0 Å². The van der Waals surface area contributed by atoms with Crippen molar-refractivity contribution in [3.63, 3.8) is 0 Å². The second-order valence-corrected chi connectivity index (χ2v) is 5.99. The van der Waals surface area contributed by atoms with Crippen molar-refractivity contribution in [3.8, 4) is 0 Å². The lowest BCUT2D eigenvalue weighted by molar-refractivity contribution is -0.0814. The quantitative estimate of drug-likeness (QED) is 0.802. The fourth-order valence-corrected chi connectivity index (χ4v) is 2.70. The Kier molecular flexibility index (Phi) is 3.87. The Morgan fingerprint density at radius 3 is 2.06 bits per heavy atom. The summed E-state index contributed by atoms with van der Waals surface area (Å²) >= 11 is 0. The van der Waals surface area contributed by atoms with Crippen molar-refractivity contribution in [1.82, 2.24) is 0 Å². The van der Waals surface area contributed by atoms with Gasteiger partial charge in [0.25, 0.3) is 0 Å². The Bertz CT molecular complexity index is 253. The summed E-state index contributed by atoms with van der Waals surface area (Å²) in [6, 6.07) is 0. The normalized spacial score (nSPS) is 19.5. The molecule has 1 aliphatic carbocycles. The van der Waals surface area contributed by atoms with Gasteiger partial charge in [-0.3, -0.25) is 0 Å². The smallest absolute Gasteiger partial charge is 0.405 e. The van der Waals surface area contributed by atoms with E-state index in [1.807, 2.05) is 13.8 Å². The molecular weight excluding hydrogens is 202 g/mol. The monoisotopic (exact) mass is 227 g/mol. The Balaban J connectivity index is 2.76. The molecule has 0 atom stereocenters. The van der Waals surface area contributed by atoms with Gasteiger partial charge in [-0.25, -0.2) is 4.79 Å². The minimum absolute atomic E-state index is 0.0253. The van der Waals surface area contributed by atoms with Crippen LogP contribution in [0.4, 0.5) is 4.79 Å². The van der Waals surface area contributed by atoms with Gasteiger partial charge in [-0.15, -0.1) is 0 Å². The molecule has 0 spiro atoms. The van der Waals surface area contributed by atoms with Gasteiger partial charge in [0.15, 0.2) is 0 Å². The topological polar surface area (TPSA) is 52.3 Å². The van der Waals surface area contributed by atoms with Gasteiger partial charge in [0.2, 0.25) is 0 Å². The molecule has 3 heteroatoms. The number of carbonyl (C=O) groups excluding carboxylic acids is 1. The first-order chi connectivity index (χ1) is 7.27. The highest BCUT2D eigenvalue weighted by molar-refractivity contribution is 5.65. The van der Waals surface area contributed by atoms with E-state index < -0.39 is 11.7 Å². The Hall–Kier alpha value is -0.730. The molecule has 0 aromatic heterocycles. The summed E-state index contributed by atoms with van der Waals surface area (Å²) in [5.74, 6) is 0.621. The lowest BCUT2D eigenvalue weighted by Gasteiger charge is -2.47. The predicted molar refractivity (Wildman–Crippen MR) is 65.1 cm³/mol. The van der Waals surface area contributed by atoms with Crippen LogP contribution in [0.15, 0.2) is 0 Å². The Morgan fingerprint density at radius 2 is 1.62 bits per heavy atom. The molecule has 0 heterocycles. The molecule has 1 saturated carbocycles. The molecule has 0 unspecified atom stereocenters. The van der Waals surface area contributed by atoms with Gasteiger partial charge in [0.1, 0.15) is 5.60 Å². The number of carbonyl (C=O) groups is 1. The van der Waals surface area contributed by atoms with Gasteiger partial charge < -0.3 is 10.5 Å². The number of amides is 1. The predicted octanol–water partition coefficient (Wildman–Crippen LogP) is 3.47. The van der Waals surface area contributed by atoms with Crippen molar-refractivity contribution >= 4 is 6.09 Å². The van der Waals surface area contributed by atoms with Gasteiger partial charge in [0.05, 0.1) is 0 Å². The second-order valence-electron chi connectivity index (χ2n) is 5.99. The highest BCUT2D eigenvalue weighted by Crippen LogP contribution is 2.46. The third-order valence-electron chi connectivity index (χ3n) is 4.53. The summed E-state index contributed by atoms with van der Waals surface area (Å²) in [6.07, 6.45) is 5.72. The van der Waals surface area contributed by atoms with E-state index in [0.29, 0.717) is 5.92 Å². The zero-order valence-corrected chi connectivity index (χ0v) is 11.0. The van der Waals surface area contributed by atoms with E-state index in [-0.39, 0.29) is 5.41 Å². The molecule has 1 rings (SSSR count). The number of ether oxygens (including phenoxy) is 1. The van der Waals surface area contributed by atoms with Crippen molar-refractivity contribution in [3.05, 3.63) is 0 Å². The SMILES string of the molecule is CC(C)(OC(N)=O)C(C)(C)C1CCCCC1. The van der Waals surface area contributed by atoms with Crippen LogP contribution >= 0.6 is 0 Å². The molecule has 94 valence electrons. The summed E-state index contributed by atoms with van der Waals surface area (Å²) in [6.45, 7) is 8.30. The molecule has 1 fully saturated rings. The summed E-state index contributed by atoms with van der Waals surface area (Å²) in [5, 5.41) is 0. The highest BCUT2D eigenvalue weighted by Gasteiger charge is 2.45. The van der Waals surface area contributed by atoms with E-state index in [1.165, 1.54) is 32.1 Å². The molecule has 16 heavy (non-hydrogen) atoms. The standard InChI is InChI=1S/C13H25NO2/c1-12(2,10-8-6-5-7-9-10)13(3,4)16-11(14)15/h10H,5-9H2,1-4H3,(H2,14,15). The Morgan fingerprint density at radius 1 is 1.12 bits per heavy atom. The van der Waals surface area contributed by atoms with Gasteiger partial charge in [-0.05, 0) is 32.6 Å². The molecule has 0 aromatic rings. The summed E-state index contributed by atoms with van der Waals surface area (Å²) in [7, 11) is 0. The van der Waals surface area contributed by atoms with Crippen molar-refractivity contribution in [1.29, 1.82) is 0 Å². The van der Waals surface area contributed by atoms with E-state index >= 15 is 0 Å². The molecule has 0 bridgehead atoms. The fraction of sp³-hybridized carbons (Fsp3) is 0.923. The van der Waals surface area contributed by atoms with Crippen LogP contribution in [0.25, 0.3) is 0 Å². The zero-order valence-electron chi connectivity index (χ0n) is 11.0. The summed E-state index contributed by atoms with van der Waals surface area (Å²) in [4.78, 5) is 10.9. The number of rotatable bonds is 3. The number of primary amides is 1. The molecule has 0 aromatic carbocycles. The van der Waals surface area contributed by atoms with Gasteiger partial charge >= 0.3 is 6.09 Å². The van der Waals surface area contributed by atoms with E-state index in [0.717, 1.165) is 0 Å². The van der Waals surface area contributed by atoms with Gasteiger partial charge in [-0.2, -0.15) is 0 Å². The van der Waals surface area contributed by atoms with Crippen molar-refractivity contribution < 1.29 is 9.53 Å². The van der Waals surface area contributed by atoms with Crippen LogP contribution in [-0.4, -0.2) is 11.7 Å². The van der Waals surface area contributed by atoms with E-state index in [2.05, 4.69) is 13.8 Å². The first-order valence-corrected chi connectivity index (χ1v) is 6.26. The van der Waals surface area contributed by atoms with Crippen LogP contribution in [0.1, 0.15) is 59.8 Å². The third-order valence-corrected chi connectivity index (χ3v) is 4.53. The van der Waals surface area contributed by atoms with E-state index in [1.54, 1.807) is 0 Å². The van der Waals surface area contributed by atoms with Gasteiger partial charge in [-0.1, -0.05) is 33.1 Å². The number of hydrogen-bond donors (Lipinski definition) is 1. The molecule has 1 aliphatic rings. The molecule has 1 amide bonds.